The number of amides is 2. The Balaban J connectivity index is 1.44. The third-order valence-corrected chi connectivity index (χ3v) is 4.45. The Hall–Kier alpha value is -3.18. The molecule has 1 aliphatic rings. The van der Waals surface area contributed by atoms with E-state index in [0.29, 0.717) is 16.9 Å². The van der Waals surface area contributed by atoms with Crippen LogP contribution in [-0.2, 0) is 0 Å². The predicted octanol–water partition coefficient (Wildman–Crippen LogP) is 2.88. The van der Waals surface area contributed by atoms with E-state index in [0.717, 1.165) is 15.7 Å². The van der Waals surface area contributed by atoms with Gasteiger partial charge in [-0.25, -0.2) is 0 Å². The summed E-state index contributed by atoms with van der Waals surface area (Å²) in [4.78, 5) is 25.8. The van der Waals surface area contributed by atoms with Crippen LogP contribution in [-0.4, -0.2) is 41.1 Å². The molecule has 1 N–H and O–H groups in total. The van der Waals surface area contributed by atoms with Gasteiger partial charge in [-0.05, 0) is 23.6 Å². The molecule has 26 heavy (non-hydrogen) atoms. The van der Waals surface area contributed by atoms with Gasteiger partial charge in [0.2, 0.25) is 0 Å². The summed E-state index contributed by atoms with van der Waals surface area (Å²) >= 11 is 0. The molecule has 3 aromatic rings. The number of β-amino-alcohol motifs (C(OH)–C–C–N with tert-alkyl or cyclic N) is 1. The minimum absolute atomic E-state index is 0.0125. The predicted molar refractivity (Wildman–Crippen MR) is 97.3 cm³/mol. The summed E-state index contributed by atoms with van der Waals surface area (Å²) < 4.78 is 5.74. The minimum atomic E-state index is -0.976. The van der Waals surface area contributed by atoms with E-state index in [4.69, 9.17) is 4.74 Å². The van der Waals surface area contributed by atoms with E-state index in [-0.39, 0.29) is 25.0 Å². The quantitative estimate of drug-likeness (QED) is 0.721. The molecule has 4 rings (SSSR count). The van der Waals surface area contributed by atoms with Crippen LogP contribution in [0.2, 0.25) is 0 Å². The lowest BCUT2D eigenvalue weighted by molar-refractivity contribution is 0.0458. The van der Waals surface area contributed by atoms with E-state index in [9.17, 15) is 14.7 Å². The average Bonchev–Trinajstić information content (AvgIpc) is 2.91. The van der Waals surface area contributed by atoms with Crippen molar-refractivity contribution in [3.8, 4) is 5.75 Å². The number of imide groups is 1. The standard InChI is InChI=1S/C21H17NO4/c23-15(12-22-20(24)17-9-3-4-10-18(17)21(22)25)13-26-19-11-5-7-14-6-1-2-8-16(14)19/h1-11,15,23H,12-13H2/t15-/m1/s1. The van der Waals surface area contributed by atoms with Crippen LogP contribution in [0.5, 0.6) is 5.75 Å². The van der Waals surface area contributed by atoms with E-state index >= 15 is 0 Å². The summed E-state index contributed by atoms with van der Waals surface area (Å²) in [6.45, 7) is -0.113. The molecular formula is C21H17NO4. The van der Waals surface area contributed by atoms with Gasteiger partial charge in [0.1, 0.15) is 18.5 Å². The van der Waals surface area contributed by atoms with Crippen molar-refractivity contribution in [2.24, 2.45) is 0 Å². The van der Waals surface area contributed by atoms with Gasteiger partial charge in [0.15, 0.2) is 0 Å². The maximum Gasteiger partial charge on any atom is 0.261 e. The zero-order chi connectivity index (χ0) is 18.1. The first-order valence-corrected chi connectivity index (χ1v) is 8.39. The molecular weight excluding hydrogens is 330 g/mol. The second-order valence-electron chi connectivity index (χ2n) is 6.21. The van der Waals surface area contributed by atoms with Crippen molar-refractivity contribution in [2.45, 2.75) is 6.10 Å². The van der Waals surface area contributed by atoms with Crippen molar-refractivity contribution in [3.05, 3.63) is 77.9 Å². The number of hydrogen-bond acceptors (Lipinski definition) is 4. The SMILES string of the molecule is O=C1c2ccccc2C(=O)N1C[C@@H](O)COc1cccc2ccccc12. The highest BCUT2D eigenvalue weighted by Crippen LogP contribution is 2.26. The molecule has 0 fully saturated rings. The molecule has 5 heteroatoms. The number of carbonyl (C=O) groups excluding carboxylic acids is 2. The number of ether oxygens (including phenoxy) is 1. The van der Waals surface area contributed by atoms with Gasteiger partial charge in [0.25, 0.3) is 11.8 Å². The number of aliphatic hydroxyl groups excluding tert-OH is 1. The smallest absolute Gasteiger partial charge is 0.261 e. The first-order chi connectivity index (χ1) is 12.6. The molecule has 2 amide bonds. The summed E-state index contributed by atoms with van der Waals surface area (Å²) in [6, 6.07) is 20.2. The fourth-order valence-electron chi connectivity index (χ4n) is 3.18. The van der Waals surface area contributed by atoms with Gasteiger partial charge < -0.3 is 9.84 Å². The highest BCUT2D eigenvalue weighted by atomic mass is 16.5. The van der Waals surface area contributed by atoms with Crippen LogP contribution in [0.3, 0.4) is 0 Å². The fourth-order valence-corrected chi connectivity index (χ4v) is 3.18. The molecule has 0 unspecified atom stereocenters. The monoisotopic (exact) mass is 347 g/mol. The summed E-state index contributed by atoms with van der Waals surface area (Å²) in [6.07, 6.45) is -0.976. The topological polar surface area (TPSA) is 66.8 Å². The van der Waals surface area contributed by atoms with Crippen LogP contribution in [0.25, 0.3) is 10.8 Å². The van der Waals surface area contributed by atoms with Gasteiger partial charge in [-0.3, -0.25) is 14.5 Å². The lowest BCUT2D eigenvalue weighted by Gasteiger charge is -2.19. The number of carbonyl (C=O) groups is 2. The van der Waals surface area contributed by atoms with Crippen molar-refractivity contribution in [2.75, 3.05) is 13.2 Å². The highest BCUT2D eigenvalue weighted by Gasteiger charge is 2.36. The first kappa shape index (κ1) is 16.3. The molecule has 3 aromatic carbocycles. The maximum absolute atomic E-state index is 12.3. The Morgan fingerprint density at radius 3 is 2.19 bits per heavy atom. The third kappa shape index (κ3) is 2.82. The summed E-state index contributed by atoms with van der Waals surface area (Å²) in [5.41, 5.74) is 0.749. The Morgan fingerprint density at radius 1 is 0.846 bits per heavy atom. The van der Waals surface area contributed by atoms with Crippen molar-refractivity contribution < 1.29 is 19.4 Å². The Kier molecular flexibility index (Phi) is 4.14. The van der Waals surface area contributed by atoms with Crippen molar-refractivity contribution in [1.82, 2.24) is 4.90 Å². The molecule has 0 bridgehead atoms. The summed E-state index contributed by atoms with van der Waals surface area (Å²) in [7, 11) is 0. The van der Waals surface area contributed by atoms with Gasteiger partial charge >= 0.3 is 0 Å². The molecule has 0 saturated heterocycles. The molecule has 0 aromatic heterocycles. The number of aliphatic hydroxyl groups is 1. The second-order valence-corrected chi connectivity index (χ2v) is 6.21. The van der Waals surface area contributed by atoms with Gasteiger partial charge in [-0.2, -0.15) is 0 Å². The van der Waals surface area contributed by atoms with Gasteiger partial charge in [-0.15, -0.1) is 0 Å². The van der Waals surface area contributed by atoms with Crippen LogP contribution < -0.4 is 4.74 Å². The van der Waals surface area contributed by atoms with E-state index < -0.39 is 6.10 Å². The van der Waals surface area contributed by atoms with Gasteiger partial charge in [0.05, 0.1) is 17.7 Å². The average molecular weight is 347 g/mol. The molecule has 1 heterocycles. The molecule has 0 radical (unpaired) electrons. The zero-order valence-electron chi connectivity index (χ0n) is 14.0. The maximum atomic E-state index is 12.3. The molecule has 1 atom stereocenters. The lowest BCUT2D eigenvalue weighted by atomic mass is 10.1. The molecule has 0 saturated carbocycles. The second kappa shape index (κ2) is 6.61. The normalized spacial score (nSPS) is 14.6. The highest BCUT2D eigenvalue weighted by molar-refractivity contribution is 6.21. The van der Waals surface area contributed by atoms with Crippen LogP contribution in [0.15, 0.2) is 66.7 Å². The van der Waals surface area contributed by atoms with Crippen LogP contribution in [0.1, 0.15) is 20.7 Å². The Labute approximate surface area is 150 Å². The van der Waals surface area contributed by atoms with E-state index in [1.54, 1.807) is 24.3 Å². The summed E-state index contributed by atoms with van der Waals surface area (Å²) in [5, 5.41) is 12.3. The number of nitrogens with zero attached hydrogens (tertiary/aromatic N) is 1. The molecule has 130 valence electrons. The minimum Gasteiger partial charge on any atom is -0.490 e. The fraction of sp³-hybridized carbons (Fsp3) is 0.143. The number of fused-ring (bicyclic) bond motifs is 2. The summed E-state index contributed by atoms with van der Waals surface area (Å²) in [5.74, 6) is -0.103. The van der Waals surface area contributed by atoms with Crippen molar-refractivity contribution >= 4 is 22.6 Å². The zero-order valence-corrected chi connectivity index (χ0v) is 14.0. The lowest BCUT2D eigenvalue weighted by Crippen LogP contribution is -2.39. The molecule has 5 nitrogen and oxygen atoms in total. The Bertz CT molecular complexity index is 958. The largest absolute Gasteiger partial charge is 0.490 e. The third-order valence-electron chi connectivity index (χ3n) is 4.45. The molecule has 1 aliphatic heterocycles. The number of hydrogen-bond donors (Lipinski definition) is 1. The number of benzene rings is 3. The molecule has 0 aliphatic carbocycles. The Morgan fingerprint density at radius 2 is 1.46 bits per heavy atom. The van der Waals surface area contributed by atoms with Gasteiger partial charge in [0, 0.05) is 5.39 Å². The van der Waals surface area contributed by atoms with E-state index in [2.05, 4.69) is 0 Å². The van der Waals surface area contributed by atoms with Crippen molar-refractivity contribution in [1.29, 1.82) is 0 Å². The van der Waals surface area contributed by atoms with Gasteiger partial charge in [-0.1, -0.05) is 48.5 Å². The van der Waals surface area contributed by atoms with E-state index in [1.165, 1.54) is 0 Å². The first-order valence-electron chi connectivity index (χ1n) is 8.39. The molecule has 0 spiro atoms. The number of rotatable bonds is 5. The van der Waals surface area contributed by atoms with Crippen molar-refractivity contribution in [3.63, 3.8) is 0 Å². The van der Waals surface area contributed by atoms with Crippen LogP contribution in [0, 0.1) is 0 Å². The van der Waals surface area contributed by atoms with Crippen LogP contribution in [0.4, 0.5) is 0 Å². The van der Waals surface area contributed by atoms with E-state index in [1.807, 2.05) is 42.5 Å². The van der Waals surface area contributed by atoms with Crippen LogP contribution >= 0.6 is 0 Å².